The molecule has 6 atom stereocenters. The zero-order valence-corrected chi connectivity index (χ0v) is 19.4. The third-order valence-electron chi connectivity index (χ3n) is 8.37. The van der Waals surface area contributed by atoms with E-state index in [4.69, 9.17) is 14.3 Å². The Morgan fingerprint density at radius 3 is 2.40 bits per heavy atom. The lowest BCUT2D eigenvalue weighted by Gasteiger charge is -2.30. The zero-order valence-electron chi connectivity index (χ0n) is 19.4. The molecule has 2 aliphatic heterocycles. The Balaban J connectivity index is 1.24. The summed E-state index contributed by atoms with van der Waals surface area (Å²) in [6.07, 6.45) is 0.599. The van der Waals surface area contributed by atoms with Gasteiger partial charge in [-0.15, -0.1) is 0 Å². The number of benzene rings is 3. The van der Waals surface area contributed by atoms with Crippen LogP contribution in [0.2, 0.25) is 0 Å². The molecule has 7 rings (SSSR count). The van der Waals surface area contributed by atoms with Crippen molar-refractivity contribution in [2.45, 2.75) is 12.5 Å². The molecular formula is C28H24N2O5. The first-order valence-corrected chi connectivity index (χ1v) is 11.9. The topological polar surface area (TPSA) is 77.4 Å². The van der Waals surface area contributed by atoms with E-state index in [9.17, 15) is 9.59 Å². The van der Waals surface area contributed by atoms with Crippen LogP contribution >= 0.6 is 0 Å². The minimum atomic E-state index is -0.354. The Hall–Kier alpha value is -3.87. The SMILES string of the molecule is COc1ccc(C2=NOC3C4CC(C23)C2C(=O)N(c3ccc5ccccc5c3)C(=O)C42)c(OC)c1. The molecule has 0 radical (unpaired) electrons. The maximum Gasteiger partial charge on any atom is 0.238 e. The molecule has 0 N–H and O–H groups in total. The Morgan fingerprint density at radius 2 is 1.63 bits per heavy atom. The van der Waals surface area contributed by atoms with Gasteiger partial charge in [0.05, 0.1) is 37.5 Å². The number of methoxy groups -OCH3 is 2. The molecule has 35 heavy (non-hydrogen) atoms. The van der Waals surface area contributed by atoms with Crippen molar-refractivity contribution in [3.8, 4) is 11.5 Å². The second-order valence-electron chi connectivity index (χ2n) is 9.80. The van der Waals surface area contributed by atoms with Crippen molar-refractivity contribution in [2.24, 2.45) is 34.7 Å². The average molecular weight is 469 g/mol. The average Bonchev–Trinajstić information content (AvgIpc) is 3.63. The molecule has 6 unspecified atom stereocenters. The number of hydrogen-bond acceptors (Lipinski definition) is 6. The summed E-state index contributed by atoms with van der Waals surface area (Å²) in [7, 11) is 3.23. The van der Waals surface area contributed by atoms with E-state index < -0.39 is 0 Å². The molecule has 3 fully saturated rings. The van der Waals surface area contributed by atoms with Crippen LogP contribution in [0.3, 0.4) is 0 Å². The van der Waals surface area contributed by atoms with Crippen LogP contribution in [0.4, 0.5) is 5.69 Å². The number of imide groups is 1. The van der Waals surface area contributed by atoms with Gasteiger partial charge in [-0.25, -0.2) is 0 Å². The van der Waals surface area contributed by atoms with Crippen molar-refractivity contribution < 1.29 is 23.9 Å². The van der Waals surface area contributed by atoms with Crippen LogP contribution in [0.25, 0.3) is 10.8 Å². The number of hydrogen-bond donors (Lipinski definition) is 0. The van der Waals surface area contributed by atoms with E-state index in [1.54, 1.807) is 14.2 Å². The third kappa shape index (κ3) is 2.69. The first kappa shape index (κ1) is 20.5. The fourth-order valence-corrected chi connectivity index (χ4v) is 6.93. The standard InChI is InChI=1S/C28H24N2O5/c1-33-17-9-10-18(21(12-17)34-2)25-24-19-13-20(26(24)35-29-25)23-22(19)27(31)30(28(23)32)16-8-7-14-5-3-4-6-15(14)11-16/h3-12,19-20,22-24,26H,13H2,1-2H3. The smallest absolute Gasteiger partial charge is 0.238 e. The lowest BCUT2D eigenvalue weighted by molar-refractivity contribution is -0.125. The normalized spacial score (nSPS) is 30.3. The number of oxime groups is 1. The fourth-order valence-electron chi connectivity index (χ4n) is 6.93. The molecule has 0 spiro atoms. The van der Waals surface area contributed by atoms with Crippen molar-refractivity contribution in [1.29, 1.82) is 0 Å². The van der Waals surface area contributed by atoms with Crippen molar-refractivity contribution in [3.63, 3.8) is 0 Å². The maximum atomic E-state index is 13.7. The van der Waals surface area contributed by atoms with Gasteiger partial charge in [-0.2, -0.15) is 0 Å². The summed E-state index contributed by atoms with van der Waals surface area (Å²) in [6, 6.07) is 19.3. The predicted molar refractivity (Wildman–Crippen MR) is 129 cm³/mol. The second-order valence-corrected chi connectivity index (χ2v) is 9.80. The number of ether oxygens (including phenoxy) is 2. The highest BCUT2D eigenvalue weighted by Gasteiger charge is 2.70. The lowest BCUT2D eigenvalue weighted by Crippen LogP contribution is -2.41. The summed E-state index contributed by atoms with van der Waals surface area (Å²) in [5.74, 6) is 0.359. The zero-order chi connectivity index (χ0) is 23.8. The van der Waals surface area contributed by atoms with Crippen LogP contribution in [0.5, 0.6) is 11.5 Å². The van der Waals surface area contributed by atoms with Crippen molar-refractivity contribution in [1.82, 2.24) is 0 Å². The van der Waals surface area contributed by atoms with Crippen LogP contribution in [-0.4, -0.2) is 37.8 Å². The number of carbonyl (C=O) groups is 2. The van der Waals surface area contributed by atoms with Gasteiger partial charge in [0.1, 0.15) is 17.6 Å². The van der Waals surface area contributed by atoms with Gasteiger partial charge in [-0.05, 0) is 47.4 Å². The number of fused-ring (bicyclic) bond motifs is 9. The van der Waals surface area contributed by atoms with E-state index in [1.807, 2.05) is 60.7 Å². The molecule has 176 valence electrons. The molecule has 7 nitrogen and oxygen atoms in total. The predicted octanol–water partition coefficient (Wildman–Crippen LogP) is 4.03. The maximum absolute atomic E-state index is 13.7. The van der Waals surface area contributed by atoms with Gasteiger partial charge in [0.15, 0.2) is 0 Å². The molecule has 4 aliphatic rings. The largest absolute Gasteiger partial charge is 0.497 e. The molecule has 2 amide bonds. The van der Waals surface area contributed by atoms with Crippen LogP contribution in [-0.2, 0) is 14.4 Å². The molecule has 0 aromatic heterocycles. The summed E-state index contributed by atoms with van der Waals surface area (Å²) in [5, 5.41) is 6.53. The number of carbonyl (C=O) groups excluding carboxylic acids is 2. The summed E-state index contributed by atoms with van der Waals surface area (Å²) in [6.45, 7) is 0. The van der Waals surface area contributed by atoms with Crippen LogP contribution in [0.15, 0.2) is 65.8 Å². The van der Waals surface area contributed by atoms with Gasteiger partial charge in [0, 0.05) is 23.5 Å². The summed E-state index contributed by atoms with van der Waals surface area (Å²) < 4.78 is 11.0. The van der Waals surface area contributed by atoms with Crippen molar-refractivity contribution in [2.75, 3.05) is 19.1 Å². The quantitative estimate of drug-likeness (QED) is 0.541. The van der Waals surface area contributed by atoms with Crippen LogP contribution in [0.1, 0.15) is 12.0 Å². The minimum absolute atomic E-state index is 0.00460. The van der Waals surface area contributed by atoms with Crippen molar-refractivity contribution >= 4 is 34.0 Å². The first-order chi connectivity index (χ1) is 17.1. The molecule has 3 aromatic carbocycles. The van der Waals surface area contributed by atoms with Crippen LogP contribution in [0, 0.1) is 29.6 Å². The first-order valence-electron chi connectivity index (χ1n) is 11.9. The van der Waals surface area contributed by atoms with Crippen molar-refractivity contribution in [3.05, 3.63) is 66.2 Å². The Labute approximate surface area is 202 Å². The summed E-state index contributed by atoms with van der Waals surface area (Å²) in [4.78, 5) is 34.7. The van der Waals surface area contributed by atoms with Gasteiger partial charge >= 0.3 is 0 Å². The minimum Gasteiger partial charge on any atom is -0.497 e. The summed E-state index contributed by atoms with van der Waals surface area (Å²) in [5.41, 5.74) is 2.28. The van der Waals surface area contributed by atoms with E-state index in [1.165, 1.54) is 4.90 Å². The molecule has 1 saturated heterocycles. The van der Waals surface area contributed by atoms with E-state index in [2.05, 4.69) is 5.16 Å². The van der Waals surface area contributed by atoms with Gasteiger partial charge in [0.2, 0.25) is 11.8 Å². The molecular weight excluding hydrogens is 444 g/mol. The Bertz CT molecular complexity index is 1430. The van der Waals surface area contributed by atoms with E-state index >= 15 is 0 Å². The highest BCUT2D eigenvalue weighted by molar-refractivity contribution is 6.23. The van der Waals surface area contributed by atoms with E-state index in [-0.39, 0.29) is 47.5 Å². The Kier molecular flexibility index (Phi) is 4.28. The van der Waals surface area contributed by atoms with Gasteiger partial charge in [-0.3, -0.25) is 14.5 Å². The van der Waals surface area contributed by atoms with Gasteiger partial charge in [-0.1, -0.05) is 35.5 Å². The number of anilines is 1. The number of rotatable bonds is 4. The summed E-state index contributed by atoms with van der Waals surface area (Å²) >= 11 is 0. The van der Waals surface area contributed by atoms with E-state index in [0.29, 0.717) is 17.2 Å². The lowest BCUT2D eigenvalue weighted by atomic mass is 9.71. The van der Waals surface area contributed by atoms with E-state index in [0.717, 1.165) is 28.5 Å². The molecule has 2 bridgehead atoms. The second kappa shape index (κ2) is 7.31. The molecule has 2 heterocycles. The van der Waals surface area contributed by atoms with Gasteiger partial charge < -0.3 is 14.3 Å². The fraction of sp³-hybridized carbons (Fsp3) is 0.321. The molecule has 3 aromatic rings. The molecule has 7 heteroatoms. The monoisotopic (exact) mass is 468 g/mol. The third-order valence-corrected chi connectivity index (χ3v) is 8.37. The molecule has 2 saturated carbocycles. The van der Waals surface area contributed by atoms with Crippen LogP contribution < -0.4 is 14.4 Å². The number of amides is 2. The highest BCUT2D eigenvalue weighted by atomic mass is 16.6. The number of nitrogens with zero attached hydrogens (tertiary/aromatic N) is 2. The van der Waals surface area contributed by atoms with Gasteiger partial charge in [0.25, 0.3) is 0 Å². The highest BCUT2D eigenvalue weighted by Crippen LogP contribution is 2.62. The Morgan fingerprint density at radius 1 is 0.857 bits per heavy atom. The molecule has 2 aliphatic carbocycles.